The zero-order chi connectivity index (χ0) is 39.5. The Morgan fingerprint density at radius 2 is 1.64 bits per heavy atom. The van der Waals surface area contributed by atoms with E-state index in [0.29, 0.717) is 32.2 Å². The number of hydrogen-bond donors (Lipinski definition) is 4. The van der Waals surface area contributed by atoms with E-state index in [1.54, 1.807) is 0 Å². The summed E-state index contributed by atoms with van der Waals surface area (Å²) in [6.45, 7) is 13.4. The molecule has 0 aromatic rings. The topological polar surface area (TPSA) is 174 Å². The number of rotatable bonds is 14. The third kappa shape index (κ3) is 10.5. The van der Waals surface area contributed by atoms with Gasteiger partial charge in [-0.1, -0.05) is 60.0 Å². The molecule has 2 aliphatic heterocycles. The van der Waals surface area contributed by atoms with Gasteiger partial charge in [-0.15, -0.1) is 6.58 Å². The molecule has 0 aromatic heterocycles. The van der Waals surface area contributed by atoms with E-state index in [1.807, 2.05) is 34.6 Å². The Morgan fingerprint density at radius 3 is 2.19 bits per heavy atom. The van der Waals surface area contributed by atoms with Crippen molar-refractivity contribution in [1.82, 2.24) is 30.5 Å². The van der Waals surface area contributed by atoms with Gasteiger partial charge in [-0.3, -0.25) is 19.2 Å². The fourth-order valence-electron chi connectivity index (χ4n) is 8.62. The minimum absolute atomic E-state index is 0.0391. The fraction of sp³-hybridized carbons (Fsp3) is 0.806. The molecule has 17 heteroatoms. The van der Waals surface area contributed by atoms with Gasteiger partial charge < -0.3 is 26.2 Å². The molecular formula is C36H57F3N6O7S. The van der Waals surface area contributed by atoms with Gasteiger partial charge in [0.05, 0.1) is 11.8 Å². The van der Waals surface area contributed by atoms with Crippen LogP contribution in [0.25, 0.3) is 0 Å². The lowest BCUT2D eigenvalue weighted by Crippen LogP contribution is -2.62. The van der Waals surface area contributed by atoms with Crippen molar-refractivity contribution < 1.29 is 45.6 Å². The predicted molar refractivity (Wildman–Crippen MR) is 192 cm³/mol. The van der Waals surface area contributed by atoms with E-state index in [4.69, 9.17) is 0 Å². The number of urea groups is 1. The number of nitrogens with zero attached hydrogens (tertiary/aromatic N) is 2. The smallest absolute Gasteiger partial charge is 0.346 e. The molecule has 53 heavy (non-hydrogen) atoms. The highest BCUT2D eigenvalue weighted by molar-refractivity contribution is 7.89. The van der Waals surface area contributed by atoms with Crippen molar-refractivity contribution in [3.8, 4) is 0 Å². The highest BCUT2D eigenvalue weighted by Crippen LogP contribution is 2.57. The number of ketones is 1. The van der Waals surface area contributed by atoms with E-state index in [-0.39, 0.29) is 43.1 Å². The van der Waals surface area contributed by atoms with E-state index in [2.05, 4.69) is 27.8 Å². The first-order valence-corrected chi connectivity index (χ1v) is 20.3. The molecule has 300 valence electrons. The Kier molecular flexibility index (Phi) is 13.4. The summed E-state index contributed by atoms with van der Waals surface area (Å²) in [5.41, 5.74) is -0.971. The molecule has 0 aromatic carbocycles. The first-order valence-electron chi connectivity index (χ1n) is 18.7. The lowest BCUT2D eigenvalue weighted by atomic mass is 9.55. The number of nitrogens with one attached hydrogen (secondary N) is 4. The summed E-state index contributed by atoms with van der Waals surface area (Å²) < 4.78 is 66.5. The van der Waals surface area contributed by atoms with Crippen molar-refractivity contribution in [2.75, 3.05) is 31.9 Å². The van der Waals surface area contributed by atoms with Crippen molar-refractivity contribution in [2.45, 2.75) is 123 Å². The first kappa shape index (κ1) is 42.5. The quantitative estimate of drug-likeness (QED) is 0.155. The van der Waals surface area contributed by atoms with Gasteiger partial charge in [0, 0.05) is 38.6 Å². The molecule has 2 aliphatic carbocycles. The maximum absolute atomic E-state index is 14.7. The summed E-state index contributed by atoms with van der Waals surface area (Å²) in [6.07, 6.45) is -0.584. The SMILES string of the molecule is C=CCNC(=O)C(=O)C(CCC(F)(F)F)NC(=O)[C@@H]1[C@@H]2[C@H](CN1C(=O)[C@@H](NC(=O)N[C@H](CN1CCCS1(=O)=O)C(C)(C)C)C1CCCCC1)CC2(C)C. The molecule has 2 saturated carbocycles. The maximum Gasteiger partial charge on any atom is 0.389 e. The Labute approximate surface area is 311 Å². The van der Waals surface area contributed by atoms with Gasteiger partial charge in [-0.2, -0.15) is 17.5 Å². The zero-order valence-electron chi connectivity index (χ0n) is 31.5. The number of carbonyl (C=O) groups is 5. The van der Waals surface area contributed by atoms with Crippen LogP contribution in [0.1, 0.15) is 92.4 Å². The molecule has 0 radical (unpaired) electrons. The summed E-state index contributed by atoms with van der Waals surface area (Å²) in [5, 5.41) is 10.5. The van der Waals surface area contributed by atoms with E-state index in [9.17, 15) is 45.6 Å². The second-order valence-electron chi connectivity index (χ2n) is 16.9. The highest BCUT2D eigenvalue weighted by Gasteiger charge is 2.61. The zero-order valence-corrected chi connectivity index (χ0v) is 32.3. The normalized spacial score (nSPS) is 26.0. The Hall–Kier alpha value is -3.21. The van der Waals surface area contributed by atoms with Crippen molar-refractivity contribution in [3.05, 3.63) is 12.7 Å². The Morgan fingerprint density at radius 1 is 0.981 bits per heavy atom. The number of alkyl halides is 3. The number of amides is 5. The van der Waals surface area contributed by atoms with Crippen LogP contribution in [0.4, 0.5) is 18.0 Å². The number of hydrogen-bond acceptors (Lipinski definition) is 7. The standard InChI is InChI=1S/C36H57F3N6O7S/c1-7-16-40-31(48)29(46)24(14-15-36(37,38)39)41-30(47)28-26-23(19-35(26,5)6)20-45(28)32(49)27(22-12-9-8-10-13-22)43-33(50)42-25(34(2,3)4)21-44-17-11-18-53(44,51)52/h7,22-28H,1,8-21H2,2-6H3,(H,40,48)(H,41,47)(H2,42,43,50)/t23-,24?,25+,26-,27-,28-/m0/s1. The lowest BCUT2D eigenvalue weighted by Gasteiger charge is -2.49. The molecule has 4 rings (SSSR count). The van der Waals surface area contributed by atoms with Crippen LogP contribution in [-0.4, -0.2) is 109 Å². The average molecular weight is 775 g/mol. The van der Waals surface area contributed by atoms with Gasteiger partial charge >= 0.3 is 12.2 Å². The van der Waals surface area contributed by atoms with E-state index >= 15 is 0 Å². The number of halogens is 3. The van der Waals surface area contributed by atoms with Gasteiger partial charge in [-0.25, -0.2) is 13.2 Å². The molecule has 5 amide bonds. The minimum atomic E-state index is -4.66. The van der Waals surface area contributed by atoms with Crippen LogP contribution < -0.4 is 21.3 Å². The van der Waals surface area contributed by atoms with Crippen molar-refractivity contribution in [1.29, 1.82) is 0 Å². The number of likely N-dealkylation sites (tertiary alicyclic amines) is 1. The van der Waals surface area contributed by atoms with Crippen LogP contribution in [0.3, 0.4) is 0 Å². The van der Waals surface area contributed by atoms with Gasteiger partial charge in [0.1, 0.15) is 12.1 Å². The number of sulfonamides is 1. The van der Waals surface area contributed by atoms with Crippen LogP contribution in [0.5, 0.6) is 0 Å². The average Bonchev–Trinajstić information content (AvgIpc) is 3.58. The second kappa shape index (κ2) is 16.7. The van der Waals surface area contributed by atoms with Crippen LogP contribution in [0, 0.1) is 28.6 Å². The maximum atomic E-state index is 14.7. The lowest BCUT2D eigenvalue weighted by molar-refractivity contribution is -0.148. The Bertz CT molecular complexity index is 1510. The van der Waals surface area contributed by atoms with Gasteiger partial charge in [0.2, 0.25) is 27.6 Å². The number of Topliss-reactive ketones (excluding diaryl/α,β-unsaturated/α-hetero) is 1. The third-order valence-corrected chi connectivity index (χ3v) is 13.4. The van der Waals surface area contributed by atoms with Gasteiger partial charge in [-0.05, 0) is 60.7 Å². The largest absolute Gasteiger partial charge is 0.389 e. The predicted octanol–water partition coefficient (Wildman–Crippen LogP) is 3.26. The molecule has 4 fully saturated rings. The van der Waals surface area contributed by atoms with Gasteiger partial charge in [0.15, 0.2) is 0 Å². The summed E-state index contributed by atoms with van der Waals surface area (Å²) >= 11 is 0. The summed E-state index contributed by atoms with van der Waals surface area (Å²) in [7, 11) is -3.45. The molecule has 4 N–H and O–H groups in total. The van der Waals surface area contributed by atoms with Crippen molar-refractivity contribution >= 4 is 39.6 Å². The fourth-order valence-corrected chi connectivity index (χ4v) is 10.2. The molecule has 2 saturated heterocycles. The summed E-state index contributed by atoms with van der Waals surface area (Å²) in [6, 6.07) is -5.26. The molecular weight excluding hydrogens is 717 g/mol. The van der Waals surface area contributed by atoms with E-state index in [1.165, 1.54) is 15.3 Å². The summed E-state index contributed by atoms with van der Waals surface area (Å²) in [4.78, 5) is 69.6. The van der Waals surface area contributed by atoms with E-state index in [0.717, 1.165) is 19.3 Å². The second-order valence-corrected chi connectivity index (χ2v) is 19.0. The minimum Gasteiger partial charge on any atom is -0.346 e. The molecule has 4 aliphatic rings. The van der Waals surface area contributed by atoms with E-state index < -0.39 is 93.6 Å². The van der Waals surface area contributed by atoms with Crippen LogP contribution in [0.2, 0.25) is 0 Å². The molecule has 2 heterocycles. The number of fused-ring (bicyclic) bond motifs is 1. The molecule has 1 unspecified atom stereocenters. The molecule has 6 atom stereocenters. The summed E-state index contributed by atoms with van der Waals surface area (Å²) in [5.74, 6) is -4.45. The van der Waals surface area contributed by atoms with Gasteiger partial charge in [0.25, 0.3) is 5.91 Å². The number of carbonyl (C=O) groups excluding carboxylic acids is 5. The third-order valence-electron chi connectivity index (χ3n) is 11.5. The van der Waals surface area contributed by atoms with Crippen LogP contribution >= 0.6 is 0 Å². The molecule has 0 spiro atoms. The van der Waals surface area contributed by atoms with Crippen molar-refractivity contribution in [3.63, 3.8) is 0 Å². The van der Waals surface area contributed by atoms with Crippen LogP contribution in [0.15, 0.2) is 12.7 Å². The van der Waals surface area contributed by atoms with Crippen molar-refractivity contribution in [2.24, 2.45) is 28.6 Å². The molecule has 13 nitrogen and oxygen atoms in total. The Balaban J connectivity index is 1.60. The molecule has 0 bridgehead atoms. The first-order chi connectivity index (χ1) is 24.6. The highest BCUT2D eigenvalue weighted by atomic mass is 32.2. The van der Waals surface area contributed by atoms with Crippen LogP contribution in [-0.2, 0) is 29.2 Å². The monoisotopic (exact) mass is 774 g/mol.